The lowest BCUT2D eigenvalue weighted by atomic mass is 9.92. The van der Waals surface area contributed by atoms with Gasteiger partial charge in [0.1, 0.15) is 4.21 Å². The van der Waals surface area contributed by atoms with E-state index in [1.165, 1.54) is 11.3 Å². The average Bonchev–Trinajstić information content (AvgIpc) is 2.77. The van der Waals surface area contributed by atoms with Crippen molar-refractivity contribution in [3.63, 3.8) is 0 Å². The van der Waals surface area contributed by atoms with Crippen molar-refractivity contribution in [2.24, 2.45) is 0 Å². The molecule has 0 aromatic carbocycles. The molecule has 1 aliphatic carbocycles. The van der Waals surface area contributed by atoms with Crippen LogP contribution in [0.3, 0.4) is 0 Å². The summed E-state index contributed by atoms with van der Waals surface area (Å²) in [6.07, 6.45) is 3.84. The van der Waals surface area contributed by atoms with Crippen molar-refractivity contribution in [2.75, 3.05) is 7.05 Å². The molecule has 0 saturated heterocycles. The fraction of sp³-hybridized carbons (Fsp3) is 0.636. The Morgan fingerprint density at radius 1 is 1.28 bits per heavy atom. The van der Waals surface area contributed by atoms with E-state index < -0.39 is 10.0 Å². The third-order valence-electron chi connectivity index (χ3n) is 3.29. The Hall–Kier alpha value is 0.0500. The van der Waals surface area contributed by atoms with Crippen LogP contribution >= 0.6 is 27.3 Å². The highest BCUT2D eigenvalue weighted by atomic mass is 79.9. The summed E-state index contributed by atoms with van der Waals surface area (Å²) in [4.78, 5) is 0. The van der Waals surface area contributed by atoms with E-state index in [9.17, 15) is 8.42 Å². The van der Waals surface area contributed by atoms with E-state index in [1.54, 1.807) is 11.4 Å². The Bertz CT molecular complexity index is 493. The van der Waals surface area contributed by atoms with Crippen molar-refractivity contribution in [3.05, 3.63) is 15.9 Å². The molecule has 2 rings (SSSR count). The number of hydrogen-bond acceptors (Lipinski definition) is 4. The van der Waals surface area contributed by atoms with Crippen molar-refractivity contribution in [3.8, 4) is 0 Å². The molecular weight excluding hydrogens is 336 g/mol. The number of halogens is 1. The Labute approximate surface area is 120 Å². The van der Waals surface area contributed by atoms with Crippen molar-refractivity contribution in [1.82, 2.24) is 10.0 Å². The molecular formula is C11H17BrN2O2S2. The molecule has 0 bridgehead atoms. The first kappa shape index (κ1) is 14.5. The van der Waals surface area contributed by atoms with E-state index in [0.29, 0.717) is 14.7 Å². The summed E-state index contributed by atoms with van der Waals surface area (Å²) in [6.45, 7) is 0. The molecule has 0 atom stereocenters. The Morgan fingerprint density at radius 3 is 2.39 bits per heavy atom. The van der Waals surface area contributed by atoms with Crippen molar-refractivity contribution < 1.29 is 8.42 Å². The predicted octanol–water partition coefficient (Wildman–Crippen LogP) is 2.32. The summed E-state index contributed by atoms with van der Waals surface area (Å²) < 4.78 is 28.2. The quantitative estimate of drug-likeness (QED) is 0.874. The second kappa shape index (κ2) is 6.00. The summed E-state index contributed by atoms with van der Waals surface area (Å²) >= 11 is 4.51. The van der Waals surface area contributed by atoms with Gasteiger partial charge in [-0.25, -0.2) is 13.1 Å². The fourth-order valence-electron chi connectivity index (χ4n) is 2.24. The van der Waals surface area contributed by atoms with Crippen LogP contribution in [0.4, 0.5) is 0 Å². The van der Waals surface area contributed by atoms with Crippen molar-refractivity contribution in [2.45, 2.75) is 42.0 Å². The molecule has 0 unspecified atom stereocenters. The van der Waals surface area contributed by atoms with Gasteiger partial charge in [0, 0.05) is 16.6 Å². The molecule has 18 heavy (non-hydrogen) atoms. The fourth-order valence-corrected chi connectivity index (χ4v) is 5.90. The molecule has 0 amide bonds. The molecule has 0 aliphatic heterocycles. The van der Waals surface area contributed by atoms with E-state index >= 15 is 0 Å². The second-order valence-corrected chi connectivity index (χ2v) is 8.19. The Morgan fingerprint density at radius 2 is 1.89 bits per heavy atom. The monoisotopic (exact) mass is 352 g/mol. The molecule has 1 saturated carbocycles. The van der Waals surface area contributed by atoms with Gasteiger partial charge in [-0.05, 0) is 60.1 Å². The number of thiophene rings is 1. The predicted molar refractivity (Wildman–Crippen MR) is 77.4 cm³/mol. The summed E-state index contributed by atoms with van der Waals surface area (Å²) in [5.74, 6) is 0. The molecule has 1 aliphatic rings. The maximum Gasteiger partial charge on any atom is 0.251 e. The smallest absolute Gasteiger partial charge is 0.251 e. The molecule has 1 aromatic rings. The minimum absolute atomic E-state index is 0.0635. The van der Waals surface area contributed by atoms with Gasteiger partial charge < -0.3 is 5.32 Å². The highest BCUT2D eigenvalue weighted by Gasteiger charge is 2.26. The first-order valence-electron chi connectivity index (χ1n) is 5.95. The van der Waals surface area contributed by atoms with Crippen molar-refractivity contribution >= 4 is 37.3 Å². The molecule has 0 radical (unpaired) electrons. The number of hydrogen-bond donors (Lipinski definition) is 2. The SMILES string of the molecule is CNC1CCC(NS(=O)(=O)c2sccc2Br)CC1. The van der Waals surface area contributed by atoms with Crippen LogP contribution in [0.15, 0.2) is 20.1 Å². The van der Waals surface area contributed by atoms with Crippen LogP contribution in [0.1, 0.15) is 25.7 Å². The zero-order valence-electron chi connectivity index (χ0n) is 10.1. The van der Waals surface area contributed by atoms with Gasteiger partial charge in [-0.2, -0.15) is 0 Å². The highest BCUT2D eigenvalue weighted by molar-refractivity contribution is 9.10. The largest absolute Gasteiger partial charge is 0.317 e. The first-order chi connectivity index (χ1) is 8.53. The lowest BCUT2D eigenvalue weighted by Gasteiger charge is -2.28. The Balaban J connectivity index is 2.00. The average molecular weight is 353 g/mol. The second-order valence-electron chi connectivity index (χ2n) is 4.51. The van der Waals surface area contributed by atoms with Gasteiger partial charge in [0.05, 0.1) is 0 Å². The van der Waals surface area contributed by atoms with Gasteiger partial charge in [-0.3, -0.25) is 0 Å². The van der Waals surface area contributed by atoms with Crippen LogP contribution in [0, 0.1) is 0 Å². The van der Waals surface area contributed by atoms with Gasteiger partial charge >= 0.3 is 0 Å². The lowest BCUT2D eigenvalue weighted by Crippen LogP contribution is -2.41. The number of rotatable bonds is 4. The van der Waals surface area contributed by atoms with Crippen LogP contribution in [-0.2, 0) is 10.0 Å². The summed E-state index contributed by atoms with van der Waals surface area (Å²) in [5.41, 5.74) is 0. The van der Waals surface area contributed by atoms with Gasteiger partial charge in [0.2, 0.25) is 0 Å². The number of nitrogens with one attached hydrogen (secondary N) is 2. The van der Waals surface area contributed by atoms with Crippen LogP contribution in [-0.4, -0.2) is 27.5 Å². The van der Waals surface area contributed by atoms with E-state index in [0.717, 1.165) is 25.7 Å². The molecule has 2 N–H and O–H groups in total. The van der Waals surface area contributed by atoms with Gasteiger partial charge in [0.25, 0.3) is 10.0 Å². The van der Waals surface area contributed by atoms with Crippen molar-refractivity contribution in [1.29, 1.82) is 0 Å². The third-order valence-corrected chi connectivity index (χ3v) is 7.48. The molecule has 7 heteroatoms. The maximum absolute atomic E-state index is 12.2. The molecule has 1 aromatic heterocycles. The number of sulfonamides is 1. The van der Waals surface area contributed by atoms with Crippen LogP contribution < -0.4 is 10.0 Å². The minimum Gasteiger partial charge on any atom is -0.317 e. The standard InChI is InChI=1S/C11H17BrN2O2S2/c1-13-8-2-4-9(5-3-8)14-18(15,16)11-10(12)6-7-17-11/h6-9,13-14H,2-5H2,1H3. The normalized spacial score (nSPS) is 25.2. The van der Waals surface area contributed by atoms with Crippen LogP contribution in [0.5, 0.6) is 0 Å². The summed E-state index contributed by atoms with van der Waals surface area (Å²) in [6, 6.07) is 2.35. The topological polar surface area (TPSA) is 58.2 Å². The molecule has 4 nitrogen and oxygen atoms in total. The Kier molecular flexibility index (Phi) is 4.82. The molecule has 102 valence electrons. The maximum atomic E-state index is 12.2. The molecule has 1 fully saturated rings. The molecule has 0 spiro atoms. The van der Waals surface area contributed by atoms with E-state index in [2.05, 4.69) is 26.0 Å². The summed E-state index contributed by atoms with van der Waals surface area (Å²) in [7, 11) is -1.41. The van der Waals surface area contributed by atoms with Gasteiger partial charge in [0.15, 0.2) is 0 Å². The highest BCUT2D eigenvalue weighted by Crippen LogP contribution is 2.28. The minimum atomic E-state index is -3.37. The van der Waals surface area contributed by atoms with Gasteiger partial charge in [-0.1, -0.05) is 0 Å². The van der Waals surface area contributed by atoms with E-state index in [4.69, 9.17) is 0 Å². The zero-order valence-corrected chi connectivity index (χ0v) is 13.4. The van der Waals surface area contributed by atoms with Crippen LogP contribution in [0.2, 0.25) is 0 Å². The van der Waals surface area contributed by atoms with E-state index in [-0.39, 0.29) is 6.04 Å². The summed E-state index contributed by atoms with van der Waals surface area (Å²) in [5, 5.41) is 5.02. The lowest BCUT2D eigenvalue weighted by molar-refractivity contribution is 0.343. The first-order valence-corrected chi connectivity index (χ1v) is 9.11. The molecule has 1 heterocycles. The van der Waals surface area contributed by atoms with E-state index in [1.807, 2.05) is 7.05 Å². The van der Waals surface area contributed by atoms with Gasteiger partial charge in [-0.15, -0.1) is 11.3 Å². The third kappa shape index (κ3) is 3.33. The van der Waals surface area contributed by atoms with Crippen LogP contribution in [0.25, 0.3) is 0 Å². The zero-order chi connectivity index (χ0) is 13.2.